The molecule has 0 aliphatic carbocycles. The number of nitro benzene ring substituents is 1. The van der Waals surface area contributed by atoms with Crippen LogP contribution >= 0.6 is 0 Å². The van der Waals surface area contributed by atoms with Crippen LogP contribution < -0.4 is 10.6 Å². The van der Waals surface area contributed by atoms with Gasteiger partial charge in [-0.05, 0) is 19.4 Å². The molecule has 0 heterocycles. The highest BCUT2D eigenvalue weighted by molar-refractivity contribution is 5.90. The van der Waals surface area contributed by atoms with Crippen molar-refractivity contribution in [2.75, 3.05) is 11.9 Å². The van der Waals surface area contributed by atoms with Crippen molar-refractivity contribution in [3.63, 3.8) is 0 Å². The predicted molar refractivity (Wildman–Crippen MR) is 66.5 cm³/mol. The first-order valence-electron chi connectivity index (χ1n) is 5.37. The van der Waals surface area contributed by atoms with Gasteiger partial charge < -0.3 is 15.7 Å². The summed E-state index contributed by atoms with van der Waals surface area (Å²) in [7, 11) is 0. The second-order valence-corrected chi connectivity index (χ2v) is 3.94. The molecule has 0 unspecified atom stereocenters. The average molecular weight is 253 g/mol. The summed E-state index contributed by atoms with van der Waals surface area (Å²) in [5.41, 5.74) is 0.991. The Bertz CT molecular complexity index is 462. The van der Waals surface area contributed by atoms with E-state index in [0.717, 1.165) is 0 Å². The minimum Gasteiger partial charge on any atom is -0.394 e. The Morgan fingerprint density at radius 3 is 2.78 bits per heavy atom. The fourth-order valence-electron chi connectivity index (χ4n) is 1.29. The topological polar surface area (TPSA) is 105 Å². The number of benzene rings is 1. The summed E-state index contributed by atoms with van der Waals surface area (Å²) in [4.78, 5) is 21.6. The number of nitrogens with one attached hydrogen (secondary N) is 2. The normalized spacial score (nSPS) is 11.7. The number of nitrogens with zero attached hydrogens (tertiary/aromatic N) is 1. The van der Waals surface area contributed by atoms with Gasteiger partial charge in [0, 0.05) is 12.1 Å². The van der Waals surface area contributed by atoms with Crippen LogP contribution in [-0.4, -0.2) is 28.7 Å². The molecule has 2 amide bonds. The van der Waals surface area contributed by atoms with E-state index in [0.29, 0.717) is 11.3 Å². The highest BCUT2D eigenvalue weighted by atomic mass is 16.6. The molecule has 0 aliphatic heterocycles. The first-order valence-corrected chi connectivity index (χ1v) is 5.37. The molecule has 0 bridgehead atoms. The molecule has 0 aliphatic rings. The average Bonchev–Trinajstić information content (AvgIpc) is 2.31. The number of amides is 2. The van der Waals surface area contributed by atoms with E-state index in [2.05, 4.69) is 10.6 Å². The van der Waals surface area contributed by atoms with E-state index in [1.54, 1.807) is 19.9 Å². The van der Waals surface area contributed by atoms with E-state index in [1.807, 2.05) is 0 Å². The molecule has 1 atom stereocenters. The fourth-order valence-corrected chi connectivity index (χ4v) is 1.29. The van der Waals surface area contributed by atoms with Crippen LogP contribution in [0.1, 0.15) is 12.5 Å². The summed E-state index contributed by atoms with van der Waals surface area (Å²) in [6.07, 6.45) is 0. The quantitative estimate of drug-likeness (QED) is 0.557. The second-order valence-electron chi connectivity index (χ2n) is 3.94. The lowest BCUT2D eigenvalue weighted by molar-refractivity contribution is -0.384. The van der Waals surface area contributed by atoms with Gasteiger partial charge >= 0.3 is 6.03 Å². The zero-order chi connectivity index (χ0) is 13.7. The van der Waals surface area contributed by atoms with Gasteiger partial charge in [0.25, 0.3) is 5.69 Å². The second kappa shape index (κ2) is 5.97. The van der Waals surface area contributed by atoms with Crippen molar-refractivity contribution in [3.8, 4) is 0 Å². The molecule has 1 aromatic carbocycles. The standard InChI is InChI=1S/C11H15N3O4/c1-7-3-4-9(14(17)18)5-10(7)13-11(16)12-8(2)6-15/h3-5,8,15H,6H2,1-2H3,(H2,12,13,16)/t8-/m0/s1. The Kier molecular flexibility index (Phi) is 4.61. The first kappa shape index (κ1) is 13.9. The monoisotopic (exact) mass is 253 g/mol. The maximum absolute atomic E-state index is 11.5. The van der Waals surface area contributed by atoms with E-state index < -0.39 is 11.0 Å². The number of urea groups is 1. The van der Waals surface area contributed by atoms with Gasteiger partial charge in [-0.3, -0.25) is 10.1 Å². The summed E-state index contributed by atoms with van der Waals surface area (Å²) >= 11 is 0. The SMILES string of the molecule is Cc1ccc([N+](=O)[O-])cc1NC(=O)N[C@@H](C)CO. The summed E-state index contributed by atoms with van der Waals surface area (Å²) in [6.45, 7) is 3.19. The molecule has 1 rings (SSSR count). The molecule has 0 spiro atoms. The van der Waals surface area contributed by atoms with Gasteiger partial charge in [-0.2, -0.15) is 0 Å². The van der Waals surface area contributed by atoms with E-state index in [-0.39, 0.29) is 18.3 Å². The minimum atomic E-state index is -0.529. The minimum absolute atomic E-state index is 0.0916. The Hall–Kier alpha value is -2.15. The lowest BCUT2D eigenvalue weighted by Crippen LogP contribution is -2.38. The van der Waals surface area contributed by atoms with Crippen LogP contribution in [0.5, 0.6) is 0 Å². The third-order valence-corrected chi connectivity index (χ3v) is 2.33. The Balaban J connectivity index is 2.80. The van der Waals surface area contributed by atoms with Gasteiger partial charge in [0.15, 0.2) is 0 Å². The molecule has 0 aromatic heterocycles. The number of carbonyl (C=O) groups is 1. The van der Waals surface area contributed by atoms with Crippen LogP contribution in [0.15, 0.2) is 18.2 Å². The third kappa shape index (κ3) is 3.70. The fraction of sp³-hybridized carbons (Fsp3) is 0.364. The molecule has 0 saturated carbocycles. The van der Waals surface area contributed by atoms with Gasteiger partial charge in [-0.15, -0.1) is 0 Å². The molecular weight excluding hydrogens is 238 g/mol. The number of rotatable bonds is 4. The van der Waals surface area contributed by atoms with Crippen LogP contribution in [0, 0.1) is 17.0 Å². The van der Waals surface area contributed by atoms with Crippen LogP contribution in [0.3, 0.4) is 0 Å². The lowest BCUT2D eigenvalue weighted by Gasteiger charge is -2.13. The van der Waals surface area contributed by atoms with E-state index >= 15 is 0 Å². The zero-order valence-electron chi connectivity index (χ0n) is 10.1. The largest absolute Gasteiger partial charge is 0.394 e. The Morgan fingerprint density at radius 1 is 1.56 bits per heavy atom. The molecule has 0 saturated heterocycles. The van der Waals surface area contributed by atoms with Crippen molar-refractivity contribution >= 4 is 17.4 Å². The summed E-state index contributed by atoms with van der Waals surface area (Å²) < 4.78 is 0. The van der Waals surface area contributed by atoms with E-state index in [1.165, 1.54) is 12.1 Å². The number of aryl methyl sites for hydroxylation is 1. The van der Waals surface area contributed by atoms with Gasteiger partial charge in [0.1, 0.15) is 0 Å². The molecule has 3 N–H and O–H groups in total. The highest BCUT2D eigenvalue weighted by Crippen LogP contribution is 2.21. The smallest absolute Gasteiger partial charge is 0.319 e. The maximum atomic E-state index is 11.5. The molecule has 18 heavy (non-hydrogen) atoms. The van der Waals surface area contributed by atoms with Crippen molar-refractivity contribution in [1.82, 2.24) is 5.32 Å². The van der Waals surface area contributed by atoms with Crippen LogP contribution in [0.25, 0.3) is 0 Å². The van der Waals surface area contributed by atoms with Crippen LogP contribution in [-0.2, 0) is 0 Å². The van der Waals surface area contributed by atoms with Gasteiger partial charge in [-0.25, -0.2) is 4.79 Å². The van der Waals surface area contributed by atoms with Gasteiger partial charge in [-0.1, -0.05) is 6.07 Å². The molecule has 0 fully saturated rings. The molecule has 98 valence electrons. The van der Waals surface area contributed by atoms with Crippen molar-refractivity contribution in [3.05, 3.63) is 33.9 Å². The molecule has 7 nitrogen and oxygen atoms in total. The van der Waals surface area contributed by atoms with Crippen LogP contribution in [0.4, 0.5) is 16.2 Å². The number of nitro groups is 1. The summed E-state index contributed by atoms with van der Waals surface area (Å²) in [5.74, 6) is 0. The van der Waals surface area contributed by atoms with Crippen LogP contribution in [0.2, 0.25) is 0 Å². The van der Waals surface area contributed by atoms with Crippen molar-refractivity contribution < 1.29 is 14.8 Å². The number of anilines is 1. The summed E-state index contributed by atoms with van der Waals surface area (Å²) in [5, 5.41) is 24.4. The van der Waals surface area contributed by atoms with Gasteiger partial charge in [0.2, 0.25) is 0 Å². The predicted octanol–water partition coefficient (Wildman–Crippen LogP) is 1.41. The van der Waals surface area contributed by atoms with Gasteiger partial charge in [0.05, 0.1) is 23.3 Å². The third-order valence-electron chi connectivity index (χ3n) is 2.33. The number of hydrogen-bond donors (Lipinski definition) is 3. The Morgan fingerprint density at radius 2 is 2.22 bits per heavy atom. The number of aliphatic hydroxyl groups is 1. The van der Waals surface area contributed by atoms with Crippen molar-refractivity contribution in [1.29, 1.82) is 0 Å². The number of hydrogen-bond acceptors (Lipinski definition) is 4. The highest BCUT2D eigenvalue weighted by Gasteiger charge is 2.12. The first-order chi connectivity index (χ1) is 8.43. The number of carbonyl (C=O) groups excluding carboxylic acids is 1. The van der Waals surface area contributed by atoms with Crippen molar-refractivity contribution in [2.24, 2.45) is 0 Å². The number of non-ortho nitro benzene ring substituents is 1. The molecule has 7 heteroatoms. The molecular formula is C11H15N3O4. The molecule has 1 aromatic rings. The van der Waals surface area contributed by atoms with E-state index in [4.69, 9.17) is 5.11 Å². The summed E-state index contributed by atoms with van der Waals surface area (Å²) in [6, 6.07) is 3.32. The van der Waals surface area contributed by atoms with Crippen molar-refractivity contribution in [2.45, 2.75) is 19.9 Å². The van der Waals surface area contributed by atoms with E-state index in [9.17, 15) is 14.9 Å². The molecule has 0 radical (unpaired) electrons. The lowest BCUT2D eigenvalue weighted by atomic mass is 10.2. The zero-order valence-corrected chi connectivity index (χ0v) is 10.1. The maximum Gasteiger partial charge on any atom is 0.319 e. The number of aliphatic hydroxyl groups excluding tert-OH is 1. The Labute approximate surface area is 104 Å².